The molecule has 2 aliphatic heterocycles. The molecule has 4 atom stereocenters. The molecular weight excluding hydrogens is 307 g/mol. The smallest absolute Gasteiger partial charge is 0.410 e. The van der Waals surface area contributed by atoms with Crippen LogP contribution in [0.4, 0.5) is 9.18 Å². The van der Waals surface area contributed by atoms with E-state index < -0.39 is 23.9 Å². The Morgan fingerprint density at radius 3 is 2.73 bits per heavy atom. The minimum atomic E-state index is -1.02. The lowest BCUT2D eigenvalue weighted by Crippen LogP contribution is -2.42. The molecule has 1 amide bonds. The molecule has 0 spiro atoms. The van der Waals surface area contributed by atoms with Crippen LogP contribution >= 0.6 is 11.6 Å². The molecule has 1 aromatic rings. The zero-order valence-corrected chi connectivity index (χ0v) is 13.7. The zero-order chi connectivity index (χ0) is 16.1. The molecule has 0 radical (unpaired) electrons. The van der Waals surface area contributed by atoms with Gasteiger partial charge in [-0.25, -0.2) is 14.2 Å². The maximum absolute atomic E-state index is 14.4. The van der Waals surface area contributed by atoms with Crippen molar-refractivity contribution in [3.63, 3.8) is 0 Å². The molecule has 1 aromatic heterocycles. The predicted octanol–water partition coefficient (Wildman–Crippen LogP) is 3.94. The lowest BCUT2D eigenvalue weighted by atomic mass is 9.83. The summed E-state index contributed by atoms with van der Waals surface area (Å²) in [6.07, 6.45) is 1.36. The SMILES string of the molecule is CC(C)(C)OC(=O)N1[C@H]2C[C@@H](F)[C@@H]1[C@@H](c1ccc(Cl)nc1)C2. The van der Waals surface area contributed by atoms with Gasteiger partial charge in [0.1, 0.15) is 16.9 Å². The number of hydrogen-bond donors (Lipinski definition) is 0. The Labute approximate surface area is 134 Å². The standard InChI is InChI=1S/C16H20ClFN2O2/c1-16(2,3)22-15(21)20-10-6-11(14(20)12(18)7-10)9-4-5-13(17)19-8-9/h4-5,8,10-12,14H,6-7H2,1-3H3/t10-,11-,12-,14+/m1/s1. The van der Waals surface area contributed by atoms with Crippen molar-refractivity contribution in [2.24, 2.45) is 0 Å². The second-order valence-corrected chi connectivity index (χ2v) is 7.43. The van der Waals surface area contributed by atoms with Gasteiger partial charge in [-0.05, 0) is 38.8 Å². The molecule has 4 nitrogen and oxygen atoms in total. The van der Waals surface area contributed by atoms with Crippen molar-refractivity contribution in [3.05, 3.63) is 29.0 Å². The second-order valence-electron chi connectivity index (χ2n) is 7.04. The number of hydrogen-bond acceptors (Lipinski definition) is 3. The first-order chi connectivity index (χ1) is 10.3. The molecule has 2 saturated heterocycles. The molecule has 120 valence electrons. The van der Waals surface area contributed by atoms with E-state index in [4.69, 9.17) is 16.3 Å². The molecule has 0 saturated carbocycles. The molecule has 0 unspecified atom stereocenters. The number of rotatable bonds is 1. The van der Waals surface area contributed by atoms with Crippen LogP contribution in [0.15, 0.2) is 18.3 Å². The van der Waals surface area contributed by atoms with Crippen LogP contribution < -0.4 is 0 Å². The molecule has 2 aliphatic rings. The van der Waals surface area contributed by atoms with E-state index in [0.717, 1.165) is 12.0 Å². The first-order valence-electron chi connectivity index (χ1n) is 7.53. The molecule has 0 N–H and O–H groups in total. The van der Waals surface area contributed by atoms with Gasteiger partial charge in [0.05, 0.1) is 6.04 Å². The molecule has 2 bridgehead atoms. The van der Waals surface area contributed by atoms with E-state index in [0.29, 0.717) is 11.6 Å². The summed E-state index contributed by atoms with van der Waals surface area (Å²) in [6, 6.07) is 2.99. The molecule has 3 heterocycles. The Morgan fingerprint density at radius 2 is 2.14 bits per heavy atom. The second kappa shape index (κ2) is 5.37. The van der Waals surface area contributed by atoms with E-state index >= 15 is 0 Å². The van der Waals surface area contributed by atoms with E-state index in [9.17, 15) is 9.18 Å². The maximum Gasteiger partial charge on any atom is 0.410 e. The highest BCUT2D eigenvalue weighted by atomic mass is 35.5. The van der Waals surface area contributed by atoms with Crippen LogP contribution in [0.3, 0.4) is 0 Å². The van der Waals surface area contributed by atoms with Gasteiger partial charge in [-0.2, -0.15) is 0 Å². The van der Waals surface area contributed by atoms with Gasteiger partial charge in [0.2, 0.25) is 0 Å². The van der Waals surface area contributed by atoms with E-state index in [1.807, 2.05) is 26.8 Å². The Balaban J connectivity index is 1.83. The predicted molar refractivity (Wildman–Crippen MR) is 81.8 cm³/mol. The first kappa shape index (κ1) is 15.5. The van der Waals surface area contributed by atoms with Crippen molar-refractivity contribution in [3.8, 4) is 0 Å². The first-order valence-corrected chi connectivity index (χ1v) is 7.91. The van der Waals surface area contributed by atoms with Crippen molar-refractivity contribution in [2.75, 3.05) is 0 Å². The van der Waals surface area contributed by atoms with Crippen LogP contribution in [0.25, 0.3) is 0 Å². The molecule has 2 fully saturated rings. The van der Waals surface area contributed by atoms with Crippen molar-refractivity contribution < 1.29 is 13.9 Å². The highest BCUT2D eigenvalue weighted by Crippen LogP contribution is 2.48. The number of pyridine rings is 1. The summed E-state index contributed by atoms with van der Waals surface area (Å²) in [5, 5.41) is 0.410. The molecular formula is C16H20ClFN2O2. The maximum atomic E-state index is 14.4. The minimum Gasteiger partial charge on any atom is -0.444 e. The van der Waals surface area contributed by atoms with Gasteiger partial charge in [-0.15, -0.1) is 0 Å². The lowest BCUT2D eigenvalue weighted by molar-refractivity contribution is 0.0191. The molecule has 3 rings (SSSR count). The highest BCUT2D eigenvalue weighted by molar-refractivity contribution is 6.29. The van der Waals surface area contributed by atoms with E-state index in [2.05, 4.69) is 4.98 Å². The van der Waals surface area contributed by atoms with Crippen LogP contribution in [0.5, 0.6) is 0 Å². The Morgan fingerprint density at radius 1 is 1.41 bits per heavy atom. The number of nitrogens with zero attached hydrogens (tertiary/aromatic N) is 2. The van der Waals surface area contributed by atoms with Crippen LogP contribution in [0, 0.1) is 0 Å². The minimum absolute atomic E-state index is 0.0500. The van der Waals surface area contributed by atoms with Gasteiger partial charge >= 0.3 is 6.09 Å². The van der Waals surface area contributed by atoms with Crippen molar-refractivity contribution in [1.82, 2.24) is 9.88 Å². The van der Waals surface area contributed by atoms with Crippen molar-refractivity contribution in [1.29, 1.82) is 0 Å². The van der Waals surface area contributed by atoms with Gasteiger partial charge in [0.15, 0.2) is 0 Å². The Hall–Kier alpha value is -1.36. The van der Waals surface area contributed by atoms with Gasteiger partial charge in [-0.1, -0.05) is 17.7 Å². The largest absolute Gasteiger partial charge is 0.444 e. The fourth-order valence-corrected chi connectivity index (χ4v) is 3.66. The summed E-state index contributed by atoms with van der Waals surface area (Å²) in [7, 11) is 0. The zero-order valence-electron chi connectivity index (χ0n) is 12.9. The van der Waals surface area contributed by atoms with Crippen molar-refractivity contribution in [2.45, 2.75) is 63.4 Å². The van der Waals surface area contributed by atoms with E-state index in [1.165, 1.54) is 0 Å². The number of halogens is 2. The van der Waals surface area contributed by atoms with Crippen molar-refractivity contribution >= 4 is 17.7 Å². The van der Waals surface area contributed by atoms with Crippen LogP contribution in [0.2, 0.25) is 5.15 Å². The van der Waals surface area contributed by atoms with E-state index in [-0.39, 0.29) is 12.0 Å². The molecule has 22 heavy (non-hydrogen) atoms. The number of ether oxygens (including phenoxy) is 1. The summed E-state index contributed by atoms with van der Waals surface area (Å²) in [6.45, 7) is 5.45. The number of alkyl halides is 1. The summed E-state index contributed by atoms with van der Waals surface area (Å²) in [5.74, 6) is -0.0500. The quantitative estimate of drug-likeness (QED) is 0.734. The number of aromatic nitrogens is 1. The van der Waals surface area contributed by atoms with Gasteiger partial charge < -0.3 is 4.74 Å². The average molecular weight is 327 g/mol. The fourth-order valence-electron chi connectivity index (χ4n) is 3.54. The normalized spacial score (nSPS) is 30.7. The van der Waals surface area contributed by atoms with Gasteiger partial charge in [-0.3, -0.25) is 4.90 Å². The molecule has 0 aliphatic carbocycles. The van der Waals surface area contributed by atoms with Crippen LogP contribution in [-0.2, 0) is 4.74 Å². The van der Waals surface area contributed by atoms with Gasteiger partial charge in [0, 0.05) is 24.6 Å². The Bertz CT molecular complexity index is 573. The summed E-state index contributed by atoms with van der Waals surface area (Å²) in [4.78, 5) is 18.1. The summed E-state index contributed by atoms with van der Waals surface area (Å²) >= 11 is 5.81. The fraction of sp³-hybridized carbons (Fsp3) is 0.625. The average Bonchev–Trinajstić information content (AvgIpc) is 2.91. The lowest BCUT2D eigenvalue weighted by Gasteiger charge is -2.29. The number of amides is 1. The van der Waals surface area contributed by atoms with E-state index in [1.54, 1.807) is 17.2 Å². The molecule has 0 aromatic carbocycles. The summed E-state index contributed by atoms with van der Waals surface area (Å²) in [5.41, 5.74) is 0.343. The number of carbonyl (C=O) groups is 1. The topological polar surface area (TPSA) is 42.4 Å². The monoisotopic (exact) mass is 326 g/mol. The van der Waals surface area contributed by atoms with Crippen LogP contribution in [0.1, 0.15) is 45.1 Å². The number of fused-ring (bicyclic) bond motifs is 2. The van der Waals surface area contributed by atoms with Gasteiger partial charge in [0.25, 0.3) is 0 Å². The third-order valence-corrected chi connectivity index (χ3v) is 4.53. The third kappa shape index (κ3) is 2.78. The van der Waals surface area contributed by atoms with Crippen LogP contribution in [-0.4, -0.2) is 39.8 Å². The molecule has 6 heteroatoms. The Kier molecular flexibility index (Phi) is 3.79. The number of carbonyl (C=O) groups excluding carboxylic acids is 1. The summed E-state index contributed by atoms with van der Waals surface area (Å²) < 4.78 is 19.8. The third-order valence-electron chi connectivity index (χ3n) is 4.30. The highest BCUT2D eigenvalue weighted by Gasteiger charge is 2.55.